The molecule has 0 N–H and O–H groups in total. The molecule has 4 aromatic rings. The molecule has 0 aliphatic carbocycles. The van der Waals surface area contributed by atoms with Gasteiger partial charge in [-0.1, -0.05) is 38.0 Å². The van der Waals surface area contributed by atoms with Gasteiger partial charge in [-0.25, -0.2) is 17.8 Å². The van der Waals surface area contributed by atoms with Crippen LogP contribution in [0.3, 0.4) is 0 Å². The number of carbonyl (C=O) groups is 1. The average molecular weight is 544 g/mol. The van der Waals surface area contributed by atoms with Gasteiger partial charge in [0.05, 0.1) is 27.9 Å². The molecule has 0 radical (unpaired) electrons. The first-order chi connectivity index (χ1) is 17.8. The summed E-state index contributed by atoms with van der Waals surface area (Å²) in [6.45, 7) is 5.11. The summed E-state index contributed by atoms with van der Waals surface area (Å²) in [7, 11) is -3.68. The number of thiazole rings is 1. The van der Waals surface area contributed by atoms with Crippen LogP contribution in [-0.4, -0.2) is 36.7 Å². The molecule has 7 nitrogen and oxygen atoms in total. The summed E-state index contributed by atoms with van der Waals surface area (Å²) >= 11 is 1.20. The number of furan rings is 1. The summed E-state index contributed by atoms with van der Waals surface area (Å²) in [5.41, 5.74) is 0.893. The van der Waals surface area contributed by atoms with Crippen LogP contribution in [0.4, 0.5) is 9.52 Å². The van der Waals surface area contributed by atoms with E-state index in [0.717, 1.165) is 25.7 Å². The van der Waals surface area contributed by atoms with Crippen molar-refractivity contribution < 1.29 is 22.0 Å². The van der Waals surface area contributed by atoms with Gasteiger partial charge in [-0.05, 0) is 67.4 Å². The van der Waals surface area contributed by atoms with Crippen molar-refractivity contribution in [2.75, 3.05) is 18.0 Å². The number of unbranched alkanes of at least 4 members (excludes halogenated alkanes) is 2. The average Bonchev–Trinajstić information content (AvgIpc) is 3.56. The maximum atomic E-state index is 13.7. The molecule has 0 aliphatic heterocycles. The van der Waals surface area contributed by atoms with Crippen LogP contribution in [0.15, 0.2) is 70.2 Å². The molecule has 0 bridgehead atoms. The van der Waals surface area contributed by atoms with Gasteiger partial charge in [0.2, 0.25) is 10.0 Å². The summed E-state index contributed by atoms with van der Waals surface area (Å²) < 4.78 is 47.9. The molecule has 0 saturated heterocycles. The normalized spacial score (nSPS) is 11.9. The zero-order chi connectivity index (χ0) is 26.4. The van der Waals surface area contributed by atoms with Crippen molar-refractivity contribution in [3.05, 3.63) is 78.0 Å². The number of anilines is 1. The second-order valence-electron chi connectivity index (χ2n) is 8.71. The summed E-state index contributed by atoms with van der Waals surface area (Å²) in [4.78, 5) is 19.8. The Morgan fingerprint density at radius 1 is 1.03 bits per heavy atom. The molecule has 37 heavy (non-hydrogen) atoms. The van der Waals surface area contributed by atoms with Crippen molar-refractivity contribution in [1.29, 1.82) is 0 Å². The van der Waals surface area contributed by atoms with Crippen LogP contribution in [-0.2, 0) is 16.6 Å². The zero-order valence-electron chi connectivity index (χ0n) is 20.9. The quantitative estimate of drug-likeness (QED) is 0.205. The minimum atomic E-state index is -3.68. The SMILES string of the molecule is CCCCN(CCCC)S(=O)(=O)c1ccc(C(=O)N(Cc2ccco2)c2nc3ccc(F)cc3s2)cc1. The molecule has 4 rings (SSSR count). The predicted molar refractivity (Wildman–Crippen MR) is 144 cm³/mol. The van der Waals surface area contributed by atoms with Crippen LogP contribution in [0, 0.1) is 5.82 Å². The van der Waals surface area contributed by atoms with E-state index in [1.54, 1.807) is 18.2 Å². The van der Waals surface area contributed by atoms with Crippen molar-refractivity contribution >= 4 is 42.6 Å². The van der Waals surface area contributed by atoms with E-state index < -0.39 is 10.0 Å². The smallest absolute Gasteiger partial charge is 0.260 e. The van der Waals surface area contributed by atoms with E-state index in [2.05, 4.69) is 4.98 Å². The standard InChI is InChI=1S/C27H30FN3O4S2/c1-3-5-15-30(16-6-4-2)37(33,34)23-12-9-20(10-13-23)26(32)31(19-22-8-7-17-35-22)27-29-24-14-11-21(28)18-25(24)36-27/h7-14,17-18H,3-6,15-16,19H2,1-2H3. The number of hydrogen-bond donors (Lipinski definition) is 0. The van der Waals surface area contributed by atoms with Crippen molar-refractivity contribution in [1.82, 2.24) is 9.29 Å². The fraction of sp³-hybridized carbons (Fsp3) is 0.333. The van der Waals surface area contributed by atoms with Gasteiger partial charge >= 0.3 is 0 Å². The fourth-order valence-corrected chi connectivity index (χ4v) is 6.39. The molecule has 2 aromatic carbocycles. The van der Waals surface area contributed by atoms with Gasteiger partial charge in [0, 0.05) is 18.7 Å². The summed E-state index contributed by atoms with van der Waals surface area (Å²) in [6, 6.07) is 13.8. The molecule has 1 amide bonds. The van der Waals surface area contributed by atoms with E-state index in [1.165, 1.54) is 63.2 Å². The van der Waals surface area contributed by atoms with Gasteiger partial charge in [-0.3, -0.25) is 9.69 Å². The Hall–Kier alpha value is -3.08. The number of hydrogen-bond acceptors (Lipinski definition) is 6. The fourth-order valence-electron chi connectivity index (χ4n) is 3.88. The number of fused-ring (bicyclic) bond motifs is 1. The lowest BCUT2D eigenvalue weighted by atomic mass is 10.2. The Balaban J connectivity index is 1.63. The number of aromatic nitrogens is 1. The lowest BCUT2D eigenvalue weighted by Crippen LogP contribution is -2.33. The van der Waals surface area contributed by atoms with Gasteiger partial charge in [-0.15, -0.1) is 0 Å². The Morgan fingerprint density at radius 2 is 1.73 bits per heavy atom. The van der Waals surface area contributed by atoms with E-state index >= 15 is 0 Å². The molecular formula is C27H30FN3O4S2. The largest absolute Gasteiger partial charge is 0.467 e. The zero-order valence-corrected chi connectivity index (χ0v) is 22.5. The van der Waals surface area contributed by atoms with E-state index in [4.69, 9.17) is 4.42 Å². The molecule has 10 heteroatoms. The highest BCUT2D eigenvalue weighted by Gasteiger charge is 2.26. The molecule has 0 atom stereocenters. The number of halogens is 1. The van der Waals surface area contributed by atoms with Crippen molar-refractivity contribution in [3.8, 4) is 0 Å². The van der Waals surface area contributed by atoms with Gasteiger partial charge in [-0.2, -0.15) is 4.31 Å². The highest BCUT2D eigenvalue weighted by atomic mass is 32.2. The summed E-state index contributed by atoms with van der Waals surface area (Å²) in [6.07, 6.45) is 4.89. The van der Waals surface area contributed by atoms with Gasteiger partial charge in [0.25, 0.3) is 5.91 Å². The lowest BCUT2D eigenvalue weighted by molar-refractivity contribution is 0.0983. The lowest BCUT2D eigenvalue weighted by Gasteiger charge is -2.22. The van der Waals surface area contributed by atoms with Crippen LogP contribution in [0.5, 0.6) is 0 Å². The molecule has 0 fully saturated rings. The molecule has 0 spiro atoms. The number of sulfonamides is 1. The first kappa shape index (κ1) is 27.0. The Labute approximate surface area is 220 Å². The number of rotatable bonds is 12. The third-order valence-electron chi connectivity index (χ3n) is 5.97. The minimum absolute atomic E-state index is 0.121. The minimum Gasteiger partial charge on any atom is -0.467 e. The van der Waals surface area contributed by atoms with Crippen molar-refractivity contribution in [3.63, 3.8) is 0 Å². The van der Waals surface area contributed by atoms with Crippen molar-refractivity contribution in [2.45, 2.75) is 51.0 Å². The molecule has 0 aliphatic rings. The van der Waals surface area contributed by atoms with Crippen LogP contribution >= 0.6 is 11.3 Å². The Morgan fingerprint density at radius 3 is 2.35 bits per heavy atom. The summed E-state index contributed by atoms with van der Waals surface area (Å²) in [5, 5.41) is 0.393. The number of amides is 1. The van der Waals surface area contributed by atoms with Crippen LogP contribution in [0.25, 0.3) is 10.2 Å². The van der Waals surface area contributed by atoms with Crippen molar-refractivity contribution in [2.24, 2.45) is 0 Å². The van der Waals surface area contributed by atoms with Crippen LogP contribution < -0.4 is 4.90 Å². The molecule has 196 valence electrons. The first-order valence-corrected chi connectivity index (χ1v) is 14.6. The van der Waals surface area contributed by atoms with Gasteiger partial charge in [0.15, 0.2) is 5.13 Å². The highest BCUT2D eigenvalue weighted by molar-refractivity contribution is 7.89. The second-order valence-corrected chi connectivity index (χ2v) is 11.7. The molecular weight excluding hydrogens is 513 g/mol. The Bertz CT molecular complexity index is 1430. The third-order valence-corrected chi connectivity index (χ3v) is 8.92. The number of carbonyl (C=O) groups excluding carboxylic acids is 1. The van der Waals surface area contributed by atoms with Gasteiger partial charge < -0.3 is 4.42 Å². The maximum Gasteiger partial charge on any atom is 0.260 e. The number of nitrogens with zero attached hydrogens (tertiary/aromatic N) is 3. The molecule has 0 unspecified atom stereocenters. The third kappa shape index (κ3) is 6.26. The van der Waals surface area contributed by atoms with Crippen LogP contribution in [0.1, 0.15) is 55.6 Å². The van der Waals surface area contributed by atoms with Crippen LogP contribution in [0.2, 0.25) is 0 Å². The summed E-state index contributed by atoms with van der Waals surface area (Å²) in [5.74, 6) is -0.190. The van der Waals surface area contributed by atoms with E-state index in [-0.39, 0.29) is 23.2 Å². The Kier molecular flexibility index (Phi) is 8.73. The molecule has 2 heterocycles. The molecule has 0 saturated carbocycles. The second kappa shape index (κ2) is 12.0. The van der Waals surface area contributed by atoms with Gasteiger partial charge in [0.1, 0.15) is 11.6 Å². The first-order valence-electron chi connectivity index (χ1n) is 12.3. The molecule has 2 aromatic heterocycles. The monoisotopic (exact) mass is 543 g/mol. The number of benzene rings is 2. The van der Waals surface area contributed by atoms with E-state index in [9.17, 15) is 17.6 Å². The van der Waals surface area contributed by atoms with E-state index in [1.807, 2.05) is 13.8 Å². The maximum absolute atomic E-state index is 13.7. The topological polar surface area (TPSA) is 83.7 Å². The van der Waals surface area contributed by atoms with E-state index in [0.29, 0.717) is 39.8 Å². The highest BCUT2D eigenvalue weighted by Crippen LogP contribution is 2.31. The predicted octanol–water partition coefficient (Wildman–Crippen LogP) is 6.47.